The number of hydrogen-bond donors (Lipinski definition) is 2. The lowest BCUT2D eigenvalue weighted by atomic mass is 9.92. The zero-order valence-electron chi connectivity index (χ0n) is 19.3. The molecule has 6 rings (SSSR count). The van der Waals surface area contributed by atoms with E-state index in [1.807, 2.05) is 47.3 Å². The number of nitrogens with zero attached hydrogens (tertiary/aromatic N) is 5. The second-order valence-corrected chi connectivity index (χ2v) is 9.71. The highest BCUT2D eigenvalue weighted by Gasteiger charge is 2.39. The molecule has 174 valence electrons. The molecule has 1 saturated heterocycles. The minimum Gasteiger partial charge on any atom is -0.348 e. The first-order chi connectivity index (χ1) is 16.6. The van der Waals surface area contributed by atoms with Gasteiger partial charge in [-0.2, -0.15) is 5.10 Å². The maximum atomic E-state index is 13.2. The molecule has 8 nitrogen and oxygen atoms in total. The van der Waals surface area contributed by atoms with Crippen LogP contribution in [0.3, 0.4) is 0 Å². The van der Waals surface area contributed by atoms with Crippen LogP contribution in [0.4, 0.5) is 0 Å². The summed E-state index contributed by atoms with van der Waals surface area (Å²) in [4.78, 5) is 15.6. The fourth-order valence-electron chi connectivity index (χ4n) is 5.72. The van der Waals surface area contributed by atoms with Gasteiger partial charge in [0.05, 0.1) is 18.3 Å². The molecule has 2 aromatic carbocycles. The zero-order valence-corrected chi connectivity index (χ0v) is 19.3. The molecule has 34 heavy (non-hydrogen) atoms. The molecule has 2 unspecified atom stereocenters. The summed E-state index contributed by atoms with van der Waals surface area (Å²) in [6.07, 6.45) is 6.52. The number of nitrogens with one attached hydrogen (secondary N) is 2. The van der Waals surface area contributed by atoms with E-state index in [0.29, 0.717) is 24.2 Å². The molecule has 1 aliphatic heterocycles. The summed E-state index contributed by atoms with van der Waals surface area (Å²) in [7, 11) is 2.21. The van der Waals surface area contributed by atoms with Crippen molar-refractivity contribution in [2.45, 2.75) is 44.3 Å². The first kappa shape index (κ1) is 21.0. The predicted molar refractivity (Wildman–Crippen MR) is 130 cm³/mol. The number of aromatic nitrogens is 5. The molecule has 1 aliphatic carbocycles. The van der Waals surface area contributed by atoms with Crippen molar-refractivity contribution in [1.82, 2.24) is 35.4 Å². The maximum absolute atomic E-state index is 13.2. The van der Waals surface area contributed by atoms with Gasteiger partial charge >= 0.3 is 0 Å². The fraction of sp³-hybridized carbons (Fsp3) is 0.385. The molecule has 1 amide bonds. The van der Waals surface area contributed by atoms with E-state index in [9.17, 15) is 4.79 Å². The summed E-state index contributed by atoms with van der Waals surface area (Å²) >= 11 is 0. The minimum absolute atomic E-state index is 0.109. The first-order valence-corrected chi connectivity index (χ1v) is 12.1. The third-order valence-corrected chi connectivity index (χ3v) is 7.44. The van der Waals surface area contributed by atoms with E-state index < -0.39 is 0 Å². The number of rotatable bonds is 5. The molecular formula is C26H29N7O. The van der Waals surface area contributed by atoms with Gasteiger partial charge in [-0.1, -0.05) is 41.6 Å². The van der Waals surface area contributed by atoms with Crippen molar-refractivity contribution < 1.29 is 4.79 Å². The van der Waals surface area contributed by atoms with Crippen LogP contribution in [-0.4, -0.2) is 61.7 Å². The summed E-state index contributed by atoms with van der Waals surface area (Å²) in [6, 6.07) is 16.9. The minimum atomic E-state index is -0.109. The molecular weight excluding hydrogens is 426 g/mol. The van der Waals surface area contributed by atoms with Crippen molar-refractivity contribution in [2.75, 3.05) is 13.6 Å². The van der Waals surface area contributed by atoms with Gasteiger partial charge < -0.3 is 10.2 Å². The van der Waals surface area contributed by atoms with E-state index in [2.05, 4.69) is 49.9 Å². The number of carbonyl (C=O) groups is 1. The average Bonchev–Trinajstić information content (AvgIpc) is 3.58. The van der Waals surface area contributed by atoms with Crippen molar-refractivity contribution >= 4 is 16.8 Å². The number of piperidine rings is 1. The smallest absolute Gasteiger partial charge is 0.272 e. The van der Waals surface area contributed by atoms with Crippen molar-refractivity contribution in [3.63, 3.8) is 0 Å². The molecule has 0 bridgehead atoms. The second kappa shape index (κ2) is 8.68. The lowest BCUT2D eigenvalue weighted by Gasteiger charge is -2.34. The van der Waals surface area contributed by atoms with Gasteiger partial charge in [-0.05, 0) is 62.9 Å². The lowest BCUT2D eigenvalue weighted by molar-refractivity contribution is 0.0932. The first-order valence-electron chi connectivity index (χ1n) is 12.1. The van der Waals surface area contributed by atoms with Gasteiger partial charge in [0.2, 0.25) is 0 Å². The third kappa shape index (κ3) is 3.98. The standard InChI is InChI=1S/C26H29N7O/c1-32-11-5-8-19-12-20(14-24(19)32)27-26(34)25-21-13-18(9-10-22(21)28-30-25)23-16-33(31-29-23)15-17-6-3-2-4-7-17/h2-4,6-7,9-10,13,16,19-20,24H,5,8,11-12,14-15H2,1H3,(H,27,34)(H,28,30)/t19?,20-,24?/m1/s1. The largest absolute Gasteiger partial charge is 0.348 e. The molecule has 3 atom stereocenters. The zero-order chi connectivity index (χ0) is 23.1. The number of aromatic amines is 1. The Hall–Kier alpha value is -3.52. The molecule has 3 heterocycles. The summed E-state index contributed by atoms with van der Waals surface area (Å²) < 4.78 is 1.83. The average molecular weight is 456 g/mol. The van der Waals surface area contributed by atoms with E-state index >= 15 is 0 Å². The highest BCUT2D eigenvalue weighted by molar-refractivity contribution is 6.05. The van der Waals surface area contributed by atoms with Crippen molar-refractivity contribution in [3.8, 4) is 11.3 Å². The van der Waals surface area contributed by atoms with Gasteiger partial charge in [0, 0.05) is 23.0 Å². The fourth-order valence-corrected chi connectivity index (χ4v) is 5.72. The van der Waals surface area contributed by atoms with Crippen molar-refractivity contribution in [3.05, 3.63) is 66.0 Å². The molecule has 0 radical (unpaired) electrons. The second-order valence-electron chi connectivity index (χ2n) is 9.71. The highest BCUT2D eigenvalue weighted by Crippen LogP contribution is 2.36. The molecule has 0 spiro atoms. The summed E-state index contributed by atoms with van der Waals surface area (Å²) in [5, 5.41) is 20.1. The molecule has 2 N–H and O–H groups in total. The van der Waals surface area contributed by atoms with E-state index in [4.69, 9.17) is 0 Å². The van der Waals surface area contributed by atoms with Crippen LogP contribution in [0.5, 0.6) is 0 Å². The molecule has 1 saturated carbocycles. The summed E-state index contributed by atoms with van der Waals surface area (Å²) in [6.45, 7) is 1.82. The number of carbonyl (C=O) groups excluding carboxylic acids is 1. The van der Waals surface area contributed by atoms with Crippen LogP contribution in [0.2, 0.25) is 0 Å². The number of H-pyrrole nitrogens is 1. The Bertz CT molecular complexity index is 1310. The van der Waals surface area contributed by atoms with Crippen molar-refractivity contribution in [2.24, 2.45) is 5.92 Å². The topological polar surface area (TPSA) is 91.7 Å². The van der Waals surface area contributed by atoms with E-state index in [0.717, 1.165) is 41.5 Å². The van der Waals surface area contributed by atoms with Gasteiger partial charge in [-0.25, -0.2) is 4.68 Å². The Morgan fingerprint density at radius 1 is 1.18 bits per heavy atom. The van der Waals surface area contributed by atoms with Crippen molar-refractivity contribution in [1.29, 1.82) is 0 Å². The van der Waals surface area contributed by atoms with Gasteiger partial charge in [0.25, 0.3) is 5.91 Å². The van der Waals surface area contributed by atoms with Crippen LogP contribution >= 0.6 is 0 Å². The highest BCUT2D eigenvalue weighted by atomic mass is 16.2. The number of fused-ring (bicyclic) bond motifs is 2. The summed E-state index contributed by atoms with van der Waals surface area (Å²) in [5.74, 6) is 0.576. The Balaban J connectivity index is 1.20. The number of hydrogen-bond acceptors (Lipinski definition) is 5. The molecule has 2 aromatic heterocycles. The van der Waals surface area contributed by atoms with Crippen LogP contribution < -0.4 is 5.32 Å². The van der Waals surface area contributed by atoms with Crippen LogP contribution in [-0.2, 0) is 6.54 Å². The Morgan fingerprint density at radius 3 is 2.91 bits per heavy atom. The summed E-state index contributed by atoms with van der Waals surface area (Å²) in [5.41, 5.74) is 4.13. The predicted octanol–water partition coefficient (Wildman–Crippen LogP) is 3.47. The normalized spacial score (nSPS) is 22.7. The van der Waals surface area contributed by atoms with Crippen LogP contribution in [0, 0.1) is 5.92 Å². The van der Waals surface area contributed by atoms with E-state index in [1.165, 1.54) is 18.4 Å². The molecule has 2 aliphatic rings. The number of likely N-dealkylation sites (tertiary alicyclic amines) is 1. The lowest BCUT2D eigenvalue weighted by Crippen LogP contribution is -2.40. The van der Waals surface area contributed by atoms with Gasteiger partial charge in [-0.3, -0.25) is 9.89 Å². The van der Waals surface area contributed by atoms with E-state index in [-0.39, 0.29) is 11.9 Å². The van der Waals surface area contributed by atoms with Crippen LogP contribution in [0.15, 0.2) is 54.7 Å². The number of benzene rings is 2. The molecule has 2 fully saturated rings. The van der Waals surface area contributed by atoms with Gasteiger partial charge in [-0.15, -0.1) is 5.10 Å². The maximum Gasteiger partial charge on any atom is 0.272 e. The molecule has 8 heteroatoms. The van der Waals surface area contributed by atoms with Crippen LogP contribution in [0.1, 0.15) is 41.7 Å². The number of amides is 1. The Labute approximate surface area is 198 Å². The van der Waals surface area contributed by atoms with Gasteiger partial charge in [0.15, 0.2) is 5.69 Å². The Morgan fingerprint density at radius 2 is 2.06 bits per heavy atom. The van der Waals surface area contributed by atoms with E-state index in [1.54, 1.807) is 0 Å². The van der Waals surface area contributed by atoms with Crippen LogP contribution in [0.25, 0.3) is 22.2 Å². The molecule has 4 aromatic rings. The quantitative estimate of drug-likeness (QED) is 0.481. The SMILES string of the molecule is CN1CCCC2C[C@@H](NC(=O)c3n[nH]c4ccc(-c5cn(Cc6ccccc6)nn5)cc34)CC21. The monoisotopic (exact) mass is 455 g/mol. The third-order valence-electron chi connectivity index (χ3n) is 7.44. The van der Waals surface area contributed by atoms with Gasteiger partial charge in [0.1, 0.15) is 5.69 Å². The Kier molecular flexibility index (Phi) is 5.37.